The van der Waals surface area contributed by atoms with E-state index in [1.165, 1.54) is 5.56 Å². The molecule has 2 aliphatic heterocycles. The first-order chi connectivity index (χ1) is 14.2. The largest absolute Gasteiger partial charge is 0.508 e. The Morgan fingerprint density at radius 3 is 2.66 bits per heavy atom. The Hall–Kier alpha value is -2.64. The van der Waals surface area contributed by atoms with E-state index in [-0.39, 0.29) is 5.75 Å². The van der Waals surface area contributed by atoms with Crippen LogP contribution in [0.2, 0.25) is 0 Å². The molecule has 0 saturated carbocycles. The lowest BCUT2D eigenvalue weighted by molar-refractivity contribution is 0.122. The van der Waals surface area contributed by atoms with Crippen LogP contribution in [0, 0.1) is 0 Å². The minimum Gasteiger partial charge on any atom is -0.508 e. The molecule has 5 rings (SSSR count). The SMILES string of the molecule is CN1CCC(c2c[nH]c3c(N4CCOCC4)nc(-c4cccc(O)c4)nc23)CC1. The second kappa shape index (κ2) is 7.65. The van der Waals surface area contributed by atoms with Crippen LogP contribution in [0.25, 0.3) is 22.4 Å². The van der Waals surface area contributed by atoms with E-state index in [4.69, 9.17) is 14.7 Å². The molecule has 4 heterocycles. The first-order valence-electron chi connectivity index (χ1n) is 10.4. The van der Waals surface area contributed by atoms with Crippen LogP contribution in [-0.4, -0.2) is 71.4 Å². The Balaban J connectivity index is 1.64. The topological polar surface area (TPSA) is 77.5 Å². The molecule has 7 heteroatoms. The molecule has 0 atom stereocenters. The number of H-pyrrole nitrogens is 1. The Labute approximate surface area is 170 Å². The summed E-state index contributed by atoms with van der Waals surface area (Å²) < 4.78 is 5.54. The van der Waals surface area contributed by atoms with E-state index in [1.807, 2.05) is 12.1 Å². The number of anilines is 1. The highest BCUT2D eigenvalue weighted by Crippen LogP contribution is 2.36. The number of benzene rings is 1. The molecule has 0 bridgehead atoms. The van der Waals surface area contributed by atoms with E-state index in [0.29, 0.717) is 25.0 Å². The third-order valence-electron chi connectivity index (χ3n) is 6.11. The first-order valence-corrected chi connectivity index (χ1v) is 10.4. The highest BCUT2D eigenvalue weighted by Gasteiger charge is 2.25. The number of phenols is 1. The number of fused-ring (bicyclic) bond motifs is 1. The van der Waals surface area contributed by atoms with Gasteiger partial charge in [-0.3, -0.25) is 0 Å². The average Bonchev–Trinajstić information content (AvgIpc) is 3.18. The van der Waals surface area contributed by atoms with E-state index in [9.17, 15) is 5.11 Å². The van der Waals surface area contributed by atoms with Crippen molar-refractivity contribution >= 4 is 16.9 Å². The summed E-state index contributed by atoms with van der Waals surface area (Å²) in [6.07, 6.45) is 4.41. The van der Waals surface area contributed by atoms with Gasteiger partial charge < -0.3 is 24.6 Å². The Bertz CT molecular complexity index is 1000. The van der Waals surface area contributed by atoms with E-state index in [2.05, 4.69) is 28.0 Å². The number of morpholine rings is 1. The number of aromatic amines is 1. The van der Waals surface area contributed by atoms with Gasteiger partial charge >= 0.3 is 0 Å². The number of nitrogens with zero attached hydrogens (tertiary/aromatic N) is 4. The lowest BCUT2D eigenvalue weighted by Crippen LogP contribution is -2.37. The maximum absolute atomic E-state index is 9.96. The van der Waals surface area contributed by atoms with Gasteiger partial charge in [-0.1, -0.05) is 12.1 Å². The molecule has 0 radical (unpaired) electrons. The fraction of sp³-hybridized carbons (Fsp3) is 0.455. The summed E-state index contributed by atoms with van der Waals surface area (Å²) in [7, 11) is 2.18. The number of rotatable bonds is 3. The van der Waals surface area contributed by atoms with Crippen LogP contribution in [0.1, 0.15) is 24.3 Å². The quantitative estimate of drug-likeness (QED) is 0.712. The van der Waals surface area contributed by atoms with Crippen LogP contribution in [0.5, 0.6) is 5.75 Å². The number of likely N-dealkylation sites (tertiary alicyclic amines) is 1. The molecule has 0 unspecified atom stereocenters. The minimum atomic E-state index is 0.226. The summed E-state index contributed by atoms with van der Waals surface area (Å²) in [5, 5.41) is 9.96. The predicted molar refractivity (Wildman–Crippen MR) is 113 cm³/mol. The smallest absolute Gasteiger partial charge is 0.162 e. The number of nitrogens with one attached hydrogen (secondary N) is 1. The van der Waals surface area contributed by atoms with Crippen molar-refractivity contribution in [3.8, 4) is 17.1 Å². The summed E-state index contributed by atoms with van der Waals surface area (Å²) in [6, 6.07) is 7.19. The third kappa shape index (κ3) is 3.56. The molecular formula is C22H27N5O2. The van der Waals surface area contributed by atoms with Gasteiger partial charge in [0.15, 0.2) is 11.6 Å². The summed E-state index contributed by atoms with van der Waals surface area (Å²) in [6.45, 7) is 5.25. The lowest BCUT2D eigenvalue weighted by Gasteiger charge is -2.29. The van der Waals surface area contributed by atoms with Gasteiger partial charge in [-0.25, -0.2) is 9.97 Å². The number of ether oxygens (including phenoxy) is 1. The zero-order valence-electron chi connectivity index (χ0n) is 16.8. The monoisotopic (exact) mass is 393 g/mol. The van der Waals surface area contributed by atoms with E-state index >= 15 is 0 Å². The molecule has 29 heavy (non-hydrogen) atoms. The highest BCUT2D eigenvalue weighted by molar-refractivity contribution is 5.91. The molecular weight excluding hydrogens is 366 g/mol. The fourth-order valence-electron chi connectivity index (χ4n) is 4.42. The average molecular weight is 393 g/mol. The van der Waals surface area contributed by atoms with Crippen LogP contribution >= 0.6 is 0 Å². The number of hydrogen-bond donors (Lipinski definition) is 2. The molecule has 2 aliphatic rings. The Kier molecular flexibility index (Phi) is 4.85. The van der Waals surface area contributed by atoms with Crippen molar-refractivity contribution in [3.63, 3.8) is 0 Å². The normalized spacial score (nSPS) is 19.1. The maximum atomic E-state index is 9.96. The second-order valence-corrected chi connectivity index (χ2v) is 8.07. The Morgan fingerprint density at radius 2 is 1.90 bits per heavy atom. The van der Waals surface area contributed by atoms with Gasteiger partial charge in [0.05, 0.1) is 18.7 Å². The molecule has 0 spiro atoms. The van der Waals surface area contributed by atoms with E-state index in [0.717, 1.165) is 61.4 Å². The van der Waals surface area contributed by atoms with Crippen molar-refractivity contribution in [2.45, 2.75) is 18.8 Å². The third-order valence-corrected chi connectivity index (χ3v) is 6.11. The molecule has 2 aromatic heterocycles. The zero-order valence-corrected chi connectivity index (χ0v) is 16.8. The van der Waals surface area contributed by atoms with Gasteiger partial charge in [-0.05, 0) is 56.6 Å². The summed E-state index contributed by atoms with van der Waals surface area (Å²) in [5.74, 6) is 2.31. The number of hydrogen-bond acceptors (Lipinski definition) is 6. The van der Waals surface area contributed by atoms with E-state index < -0.39 is 0 Å². The van der Waals surface area contributed by atoms with Crippen molar-refractivity contribution < 1.29 is 9.84 Å². The van der Waals surface area contributed by atoms with Gasteiger partial charge in [-0.2, -0.15) is 0 Å². The number of aromatic hydroxyl groups is 1. The van der Waals surface area contributed by atoms with Gasteiger partial charge in [0.2, 0.25) is 0 Å². The molecule has 7 nitrogen and oxygen atoms in total. The predicted octanol–water partition coefficient (Wildman–Crippen LogP) is 2.98. The van der Waals surface area contributed by atoms with Crippen molar-refractivity contribution in [2.24, 2.45) is 0 Å². The van der Waals surface area contributed by atoms with Crippen molar-refractivity contribution in [1.29, 1.82) is 0 Å². The second-order valence-electron chi connectivity index (χ2n) is 8.07. The molecule has 1 aromatic carbocycles. The first kappa shape index (κ1) is 18.4. The number of aromatic nitrogens is 3. The van der Waals surface area contributed by atoms with E-state index in [1.54, 1.807) is 12.1 Å². The molecule has 2 N–H and O–H groups in total. The molecule has 2 fully saturated rings. The highest BCUT2D eigenvalue weighted by atomic mass is 16.5. The standard InChI is InChI=1S/C22H27N5O2/c1-26-7-5-15(6-8-26)18-14-23-20-19(18)24-21(16-3-2-4-17(28)13-16)25-22(20)27-9-11-29-12-10-27/h2-4,13-15,23,28H,5-12H2,1H3. The fourth-order valence-corrected chi connectivity index (χ4v) is 4.42. The van der Waals surface area contributed by atoms with Crippen molar-refractivity contribution in [3.05, 3.63) is 36.0 Å². The van der Waals surface area contributed by atoms with Gasteiger partial charge in [0, 0.05) is 24.8 Å². The lowest BCUT2D eigenvalue weighted by atomic mass is 9.90. The number of piperidine rings is 1. The minimum absolute atomic E-state index is 0.226. The van der Waals surface area contributed by atoms with Crippen LogP contribution < -0.4 is 4.90 Å². The summed E-state index contributed by atoms with van der Waals surface area (Å²) in [5.41, 5.74) is 4.13. The summed E-state index contributed by atoms with van der Waals surface area (Å²) >= 11 is 0. The van der Waals surface area contributed by atoms with Crippen LogP contribution in [0.4, 0.5) is 5.82 Å². The molecule has 0 aliphatic carbocycles. The van der Waals surface area contributed by atoms with Crippen molar-refractivity contribution in [1.82, 2.24) is 19.9 Å². The Morgan fingerprint density at radius 1 is 1.10 bits per heavy atom. The molecule has 2 saturated heterocycles. The van der Waals surface area contributed by atoms with Crippen LogP contribution in [-0.2, 0) is 4.74 Å². The van der Waals surface area contributed by atoms with Gasteiger partial charge in [-0.15, -0.1) is 0 Å². The zero-order chi connectivity index (χ0) is 19.8. The van der Waals surface area contributed by atoms with Crippen LogP contribution in [0.3, 0.4) is 0 Å². The molecule has 0 amide bonds. The maximum Gasteiger partial charge on any atom is 0.162 e. The molecule has 152 valence electrons. The number of phenolic OH excluding ortho intramolecular Hbond substituents is 1. The molecule has 3 aromatic rings. The van der Waals surface area contributed by atoms with Gasteiger partial charge in [0.25, 0.3) is 0 Å². The summed E-state index contributed by atoms with van der Waals surface area (Å²) in [4.78, 5) is 18.0. The van der Waals surface area contributed by atoms with Crippen LogP contribution in [0.15, 0.2) is 30.5 Å². The van der Waals surface area contributed by atoms with Gasteiger partial charge in [0.1, 0.15) is 11.3 Å². The van der Waals surface area contributed by atoms with Crippen molar-refractivity contribution in [2.75, 3.05) is 51.3 Å².